The summed E-state index contributed by atoms with van der Waals surface area (Å²) < 4.78 is 0. The minimum absolute atomic E-state index is 0.680. The number of aromatic amines is 2. The van der Waals surface area contributed by atoms with Gasteiger partial charge in [0.2, 0.25) is 5.95 Å². The number of H-pyrrole nitrogens is 2. The van der Waals surface area contributed by atoms with Gasteiger partial charge in [-0.25, -0.2) is 9.97 Å². The third-order valence-electron chi connectivity index (χ3n) is 2.39. The molecule has 0 fully saturated rings. The zero-order valence-electron chi connectivity index (χ0n) is 8.57. The fourth-order valence-electron chi connectivity index (χ4n) is 1.60. The number of anilines is 1. The number of aromatic nitrogens is 4. The van der Waals surface area contributed by atoms with Crippen LogP contribution in [0.4, 0.5) is 5.95 Å². The summed E-state index contributed by atoms with van der Waals surface area (Å²) in [6.45, 7) is 0.680. The summed E-state index contributed by atoms with van der Waals surface area (Å²) in [5, 5.41) is 3.20. The van der Waals surface area contributed by atoms with E-state index in [9.17, 15) is 0 Å². The largest absolute Gasteiger partial charge is 0.350 e. The second kappa shape index (κ2) is 3.69. The van der Waals surface area contributed by atoms with Crippen LogP contribution >= 0.6 is 0 Å². The molecule has 16 heavy (non-hydrogen) atoms. The molecule has 0 atom stereocenters. The Bertz CT molecular complexity index is 548. The van der Waals surface area contributed by atoms with Crippen LogP contribution in [-0.4, -0.2) is 19.9 Å². The van der Waals surface area contributed by atoms with E-state index in [2.05, 4.69) is 25.3 Å². The number of hydrogen-bond acceptors (Lipinski definition) is 3. The third-order valence-corrected chi connectivity index (χ3v) is 2.39. The molecule has 0 aliphatic rings. The van der Waals surface area contributed by atoms with Gasteiger partial charge >= 0.3 is 0 Å². The maximum absolute atomic E-state index is 4.41. The monoisotopic (exact) mass is 213 g/mol. The lowest BCUT2D eigenvalue weighted by molar-refractivity contribution is 1.04. The van der Waals surface area contributed by atoms with Crippen molar-refractivity contribution >= 4 is 17.0 Å². The summed E-state index contributed by atoms with van der Waals surface area (Å²) in [6, 6.07) is 7.94. The number of nitrogens with zero attached hydrogens (tertiary/aromatic N) is 2. The molecule has 0 amide bonds. The summed E-state index contributed by atoms with van der Waals surface area (Å²) in [5.74, 6) is 0.774. The van der Waals surface area contributed by atoms with Gasteiger partial charge in [-0.15, -0.1) is 0 Å². The van der Waals surface area contributed by atoms with Crippen molar-refractivity contribution in [2.24, 2.45) is 0 Å². The number of rotatable bonds is 3. The molecule has 2 aromatic heterocycles. The predicted molar refractivity (Wildman–Crippen MR) is 62.0 cm³/mol. The standard InChI is InChI=1S/C11H11N5/c1-2-4-10-9(3-1)15-11(16-10)13-6-8-5-12-7-14-8/h1-5,7H,6H2,(H,12,14)(H2,13,15,16). The number of hydrogen-bond donors (Lipinski definition) is 3. The number of imidazole rings is 2. The van der Waals surface area contributed by atoms with E-state index in [4.69, 9.17) is 0 Å². The van der Waals surface area contributed by atoms with Crippen molar-refractivity contribution in [2.75, 3.05) is 5.32 Å². The van der Waals surface area contributed by atoms with Crippen molar-refractivity contribution in [2.45, 2.75) is 6.54 Å². The molecule has 3 rings (SSSR count). The van der Waals surface area contributed by atoms with Gasteiger partial charge < -0.3 is 15.3 Å². The molecule has 1 aromatic carbocycles. The number of fused-ring (bicyclic) bond motifs is 1. The minimum atomic E-state index is 0.680. The summed E-state index contributed by atoms with van der Waals surface area (Å²) in [6.07, 6.45) is 3.45. The molecule has 5 heteroatoms. The molecule has 80 valence electrons. The molecular formula is C11H11N5. The van der Waals surface area contributed by atoms with Gasteiger partial charge in [-0.3, -0.25) is 0 Å². The lowest BCUT2D eigenvalue weighted by Crippen LogP contribution is -2.00. The molecule has 5 nitrogen and oxygen atoms in total. The second-order valence-electron chi connectivity index (χ2n) is 3.53. The highest BCUT2D eigenvalue weighted by atomic mass is 15.1. The highest BCUT2D eigenvalue weighted by Gasteiger charge is 2.01. The van der Waals surface area contributed by atoms with Gasteiger partial charge in [0.1, 0.15) is 0 Å². The Morgan fingerprint density at radius 3 is 3.00 bits per heavy atom. The molecule has 0 aliphatic heterocycles. The smallest absolute Gasteiger partial charge is 0.201 e. The summed E-state index contributed by atoms with van der Waals surface area (Å²) in [5.41, 5.74) is 3.03. The highest BCUT2D eigenvalue weighted by Crippen LogP contribution is 2.13. The van der Waals surface area contributed by atoms with E-state index < -0.39 is 0 Å². The Morgan fingerprint density at radius 1 is 1.25 bits per heavy atom. The van der Waals surface area contributed by atoms with Gasteiger partial charge in [-0.1, -0.05) is 12.1 Å². The summed E-state index contributed by atoms with van der Waals surface area (Å²) >= 11 is 0. The van der Waals surface area contributed by atoms with Crippen LogP contribution in [0.25, 0.3) is 11.0 Å². The first-order valence-electron chi connectivity index (χ1n) is 5.08. The van der Waals surface area contributed by atoms with E-state index in [0.717, 1.165) is 22.7 Å². The van der Waals surface area contributed by atoms with E-state index in [1.54, 1.807) is 12.5 Å². The van der Waals surface area contributed by atoms with E-state index in [1.807, 2.05) is 24.3 Å². The van der Waals surface area contributed by atoms with E-state index >= 15 is 0 Å². The first-order chi connectivity index (χ1) is 7.92. The van der Waals surface area contributed by atoms with E-state index in [1.165, 1.54) is 0 Å². The van der Waals surface area contributed by atoms with Crippen LogP contribution in [0, 0.1) is 0 Å². The molecule has 2 heterocycles. The molecule has 0 aliphatic carbocycles. The van der Waals surface area contributed by atoms with Gasteiger partial charge in [0, 0.05) is 6.20 Å². The molecule has 0 saturated carbocycles. The molecule has 0 spiro atoms. The average molecular weight is 213 g/mol. The molecule has 0 saturated heterocycles. The lowest BCUT2D eigenvalue weighted by atomic mass is 10.3. The van der Waals surface area contributed by atoms with Crippen LogP contribution in [0.15, 0.2) is 36.8 Å². The second-order valence-corrected chi connectivity index (χ2v) is 3.53. The van der Waals surface area contributed by atoms with E-state index in [0.29, 0.717) is 6.54 Å². The normalized spacial score (nSPS) is 10.8. The van der Waals surface area contributed by atoms with Gasteiger partial charge in [-0.2, -0.15) is 0 Å². The molecule has 3 N–H and O–H groups in total. The molecular weight excluding hydrogens is 202 g/mol. The molecule has 0 unspecified atom stereocenters. The van der Waals surface area contributed by atoms with Crippen LogP contribution < -0.4 is 5.32 Å². The molecule has 0 radical (unpaired) electrons. The third kappa shape index (κ3) is 1.63. The van der Waals surface area contributed by atoms with E-state index in [-0.39, 0.29) is 0 Å². The Morgan fingerprint density at radius 2 is 2.19 bits per heavy atom. The van der Waals surface area contributed by atoms with Crippen LogP contribution in [0.2, 0.25) is 0 Å². The predicted octanol–water partition coefficient (Wildman–Crippen LogP) is 1.90. The topological polar surface area (TPSA) is 69.4 Å². The van der Waals surface area contributed by atoms with Crippen molar-refractivity contribution in [1.82, 2.24) is 19.9 Å². The van der Waals surface area contributed by atoms with Crippen molar-refractivity contribution in [3.63, 3.8) is 0 Å². The highest BCUT2D eigenvalue weighted by molar-refractivity contribution is 5.77. The minimum Gasteiger partial charge on any atom is -0.350 e. The first-order valence-corrected chi connectivity index (χ1v) is 5.08. The van der Waals surface area contributed by atoms with Gasteiger partial charge in [0.25, 0.3) is 0 Å². The maximum atomic E-state index is 4.41. The van der Waals surface area contributed by atoms with Crippen LogP contribution in [0.3, 0.4) is 0 Å². The SMILES string of the molecule is c1ccc2[nH]c(NCc3cnc[nH]3)nc2c1. The van der Waals surface area contributed by atoms with Crippen molar-refractivity contribution in [3.05, 3.63) is 42.5 Å². The van der Waals surface area contributed by atoms with Gasteiger partial charge in [0.15, 0.2) is 0 Å². The van der Waals surface area contributed by atoms with Gasteiger partial charge in [-0.05, 0) is 12.1 Å². The number of para-hydroxylation sites is 2. The Balaban J connectivity index is 1.79. The average Bonchev–Trinajstić information content (AvgIpc) is 2.95. The molecule has 3 aromatic rings. The first kappa shape index (κ1) is 8.96. The van der Waals surface area contributed by atoms with Crippen molar-refractivity contribution in [3.8, 4) is 0 Å². The quantitative estimate of drug-likeness (QED) is 0.622. The van der Waals surface area contributed by atoms with Crippen LogP contribution in [-0.2, 0) is 6.54 Å². The zero-order valence-corrected chi connectivity index (χ0v) is 8.57. The number of nitrogens with one attached hydrogen (secondary N) is 3. The fourth-order valence-corrected chi connectivity index (χ4v) is 1.60. The Hall–Kier alpha value is -2.30. The maximum Gasteiger partial charge on any atom is 0.201 e. The van der Waals surface area contributed by atoms with Crippen molar-refractivity contribution in [1.29, 1.82) is 0 Å². The lowest BCUT2D eigenvalue weighted by Gasteiger charge is -1.98. The summed E-state index contributed by atoms with van der Waals surface area (Å²) in [4.78, 5) is 14.6. The van der Waals surface area contributed by atoms with Gasteiger partial charge in [0.05, 0.1) is 29.6 Å². The zero-order chi connectivity index (χ0) is 10.8. The Kier molecular flexibility index (Phi) is 2.07. The fraction of sp³-hybridized carbons (Fsp3) is 0.0909. The number of benzene rings is 1. The van der Waals surface area contributed by atoms with Crippen molar-refractivity contribution < 1.29 is 0 Å². The van der Waals surface area contributed by atoms with Crippen LogP contribution in [0.1, 0.15) is 5.69 Å². The Labute approximate surface area is 91.9 Å². The molecule has 0 bridgehead atoms. The summed E-state index contributed by atoms with van der Waals surface area (Å²) in [7, 11) is 0. The van der Waals surface area contributed by atoms with Crippen LogP contribution in [0.5, 0.6) is 0 Å².